The molecule has 1 amide bonds. The minimum absolute atomic E-state index is 0.0269. The van der Waals surface area contributed by atoms with Crippen LogP contribution in [0.3, 0.4) is 0 Å². The van der Waals surface area contributed by atoms with E-state index in [1.54, 1.807) is 0 Å². The zero-order valence-corrected chi connectivity index (χ0v) is 13.9. The van der Waals surface area contributed by atoms with Crippen molar-refractivity contribution in [2.24, 2.45) is 5.92 Å². The van der Waals surface area contributed by atoms with Crippen molar-refractivity contribution in [1.29, 1.82) is 0 Å². The average molecular weight is 320 g/mol. The SMILES string of the molecule is CN1CCC[C@H](CNC(=O)CSCC(=O)c2ccccc2)C1. The maximum atomic E-state index is 11.9. The number of ketones is 1. The van der Waals surface area contributed by atoms with Gasteiger partial charge in [-0.05, 0) is 32.4 Å². The molecule has 0 aliphatic carbocycles. The lowest BCUT2D eigenvalue weighted by molar-refractivity contribution is -0.118. The fourth-order valence-electron chi connectivity index (χ4n) is 2.69. The number of amides is 1. The molecule has 22 heavy (non-hydrogen) atoms. The van der Waals surface area contributed by atoms with Gasteiger partial charge in [0, 0.05) is 18.7 Å². The van der Waals surface area contributed by atoms with E-state index in [0.717, 1.165) is 19.6 Å². The van der Waals surface area contributed by atoms with Crippen LogP contribution in [0.5, 0.6) is 0 Å². The molecule has 120 valence electrons. The summed E-state index contributed by atoms with van der Waals surface area (Å²) >= 11 is 1.38. The molecule has 0 unspecified atom stereocenters. The predicted molar refractivity (Wildman–Crippen MR) is 91.3 cm³/mol. The van der Waals surface area contributed by atoms with E-state index in [1.165, 1.54) is 24.6 Å². The number of hydrogen-bond donors (Lipinski definition) is 1. The van der Waals surface area contributed by atoms with Gasteiger partial charge in [-0.25, -0.2) is 0 Å². The second-order valence-electron chi connectivity index (χ2n) is 5.86. The van der Waals surface area contributed by atoms with E-state index in [4.69, 9.17) is 0 Å². The number of Topliss-reactive ketones (excluding diaryl/α,β-unsaturated/α-hetero) is 1. The summed E-state index contributed by atoms with van der Waals surface area (Å²) in [7, 11) is 2.12. The third-order valence-corrected chi connectivity index (χ3v) is 4.80. The Morgan fingerprint density at radius 1 is 1.27 bits per heavy atom. The summed E-state index contributed by atoms with van der Waals surface area (Å²) in [6.07, 6.45) is 2.39. The number of carbonyl (C=O) groups is 2. The molecule has 0 bridgehead atoms. The minimum atomic E-state index is 0.0269. The lowest BCUT2D eigenvalue weighted by Gasteiger charge is -2.29. The molecule has 1 saturated heterocycles. The van der Waals surface area contributed by atoms with Crippen molar-refractivity contribution >= 4 is 23.5 Å². The van der Waals surface area contributed by atoms with Crippen LogP contribution >= 0.6 is 11.8 Å². The van der Waals surface area contributed by atoms with Gasteiger partial charge in [0.05, 0.1) is 11.5 Å². The number of likely N-dealkylation sites (tertiary alicyclic amines) is 1. The van der Waals surface area contributed by atoms with E-state index in [2.05, 4.69) is 17.3 Å². The molecule has 1 heterocycles. The lowest BCUT2D eigenvalue weighted by atomic mass is 9.98. The van der Waals surface area contributed by atoms with E-state index in [-0.39, 0.29) is 11.7 Å². The number of carbonyl (C=O) groups excluding carboxylic acids is 2. The number of thioether (sulfide) groups is 1. The molecule has 1 fully saturated rings. The normalized spacial score (nSPS) is 18.9. The number of nitrogens with one attached hydrogen (secondary N) is 1. The molecule has 0 radical (unpaired) electrons. The molecular formula is C17H24N2O2S. The molecule has 1 aliphatic rings. The summed E-state index contributed by atoms with van der Waals surface area (Å²) in [4.78, 5) is 26.1. The van der Waals surface area contributed by atoms with Crippen LogP contribution in [-0.2, 0) is 4.79 Å². The highest BCUT2D eigenvalue weighted by molar-refractivity contribution is 8.00. The Labute approximate surface area is 136 Å². The first kappa shape index (κ1) is 17.0. The van der Waals surface area contributed by atoms with E-state index >= 15 is 0 Å². The second kappa shape index (κ2) is 8.96. The quantitative estimate of drug-likeness (QED) is 0.781. The van der Waals surface area contributed by atoms with Crippen LogP contribution in [0.15, 0.2) is 30.3 Å². The van der Waals surface area contributed by atoms with Crippen LogP contribution in [0.1, 0.15) is 23.2 Å². The Hall–Kier alpha value is -1.33. The van der Waals surface area contributed by atoms with Gasteiger partial charge in [0.1, 0.15) is 0 Å². The van der Waals surface area contributed by atoms with Gasteiger partial charge < -0.3 is 10.2 Å². The van der Waals surface area contributed by atoms with E-state index in [9.17, 15) is 9.59 Å². The van der Waals surface area contributed by atoms with Crippen molar-refractivity contribution in [1.82, 2.24) is 10.2 Å². The Kier molecular flexibility index (Phi) is 6.93. The van der Waals surface area contributed by atoms with Gasteiger partial charge in [0.25, 0.3) is 0 Å². The molecule has 5 heteroatoms. The Balaban J connectivity index is 1.60. The maximum absolute atomic E-state index is 11.9. The summed E-state index contributed by atoms with van der Waals surface area (Å²) in [5, 5.41) is 2.99. The van der Waals surface area contributed by atoms with E-state index < -0.39 is 0 Å². The van der Waals surface area contributed by atoms with E-state index in [0.29, 0.717) is 23.0 Å². The first-order valence-corrected chi connectivity index (χ1v) is 8.92. The molecule has 1 atom stereocenters. The van der Waals surface area contributed by atoms with Crippen molar-refractivity contribution in [3.05, 3.63) is 35.9 Å². The van der Waals surface area contributed by atoms with Crippen LogP contribution in [-0.4, -0.2) is 54.8 Å². The number of hydrogen-bond acceptors (Lipinski definition) is 4. The van der Waals surface area contributed by atoms with Gasteiger partial charge in [-0.3, -0.25) is 9.59 Å². The first-order chi connectivity index (χ1) is 10.6. The summed E-state index contributed by atoms with van der Waals surface area (Å²) in [6.45, 7) is 2.96. The molecule has 2 rings (SSSR count). The van der Waals surface area contributed by atoms with Crippen LogP contribution in [0.25, 0.3) is 0 Å². The van der Waals surface area contributed by atoms with Crippen molar-refractivity contribution < 1.29 is 9.59 Å². The second-order valence-corrected chi connectivity index (χ2v) is 6.84. The van der Waals surface area contributed by atoms with Gasteiger partial charge in [0.2, 0.25) is 5.91 Å². The molecule has 1 aliphatic heterocycles. The largest absolute Gasteiger partial charge is 0.355 e. The van der Waals surface area contributed by atoms with Crippen molar-refractivity contribution in [3.8, 4) is 0 Å². The maximum Gasteiger partial charge on any atom is 0.230 e. The van der Waals surface area contributed by atoms with Gasteiger partial charge in [-0.2, -0.15) is 0 Å². The fraction of sp³-hybridized carbons (Fsp3) is 0.529. The topological polar surface area (TPSA) is 49.4 Å². The van der Waals surface area contributed by atoms with Crippen molar-refractivity contribution in [2.45, 2.75) is 12.8 Å². The third kappa shape index (κ3) is 5.81. The van der Waals surface area contributed by atoms with Crippen LogP contribution in [0, 0.1) is 5.92 Å². The molecule has 0 aromatic heterocycles. The number of piperidine rings is 1. The summed E-state index contributed by atoms with van der Waals surface area (Å²) in [6, 6.07) is 9.21. The Morgan fingerprint density at radius 2 is 2.05 bits per heavy atom. The number of rotatable bonds is 7. The molecule has 1 N–H and O–H groups in total. The smallest absolute Gasteiger partial charge is 0.230 e. The number of benzene rings is 1. The Bertz CT molecular complexity index is 493. The molecular weight excluding hydrogens is 296 g/mol. The summed E-state index contributed by atoms with van der Waals surface area (Å²) in [5.74, 6) is 1.36. The van der Waals surface area contributed by atoms with Gasteiger partial charge in [-0.1, -0.05) is 30.3 Å². The number of nitrogens with zero attached hydrogens (tertiary/aromatic N) is 1. The molecule has 1 aromatic carbocycles. The third-order valence-electron chi connectivity index (χ3n) is 3.87. The summed E-state index contributed by atoms with van der Waals surface area (Å²) in [5.41, 5.74) is 0.709. The van der Waals surface area contributed by atoms with Crippen molar-refractivity contribution in [3.63, 3.8) is 0 Å². The molecule has 0 saturated carbocycles. The standard InChI is InChI=1S/C17H24N2O2S/c1-19-9-5-6-14(11-19)10-18-17(21)13-22-12-16(20)15-7-3-2-4-8-15/h2-4,7-8,14H,5-6,9-13H2,1H3,(H,18,21)/t14-/m1/s1. The van der Waals surface area contributed by atoms with Gasteiger partial charge in [0.15, 0.2) is 5.78 Å². The van der Waals surface area contributed by atoms with Crippen LogP contribution in [0.2, 0.25) is 0 Å². The average Bonchev–Trinajstić information content (AvgIpc) is 2.54. The Morgan fingerprint density at radius 3 is 2.77 bits per heavy atom. The zero-order valence-electron chi connectivity index (χ0n) is 13.1. The molecule has 1 aromatic rings. The van der Waals surface area contributed by atoms with Gasteiger partial charge >= 0.3 is 0 Å². The monoisotopic (exact) mass is 320 g/mol. The van der Waals surface area contributed by atoms with Crippen LogP contribution < -0.4 is 5.32 Å². The van der Waals surface area contributed by atoms with E-state index in [1.807, 2.05) is 30.3 Å². The highest BCUT2D eigenvalue weighted by Gasteiger charge is 2.17. The van der Waals surface area contributed by atoms with Crippen LogP contribution in [0.4, 0.5) is 0 Å². The fourth-order valence-corrected chi connectivity index (χ4v) is 3.43. The van der Waals surface area contributed by atoms with Gasteiger partial charge in [-0.15, -0.1) is 11.8 Å². The molecule has 4 nitrogen and oxygen atoms in total. The minimum Gasteiger partial charge on any atom is -0.355 e. The van der Waals surface area contributed by atoms with Crippen molar-refractivity contribution in [2.75, 3.05) is 38.2 Å². The highest BCUT2D eigenvalue weighted by atomic mass is 32.2. The predicted octanol–water partition coefficient (Wildman–Crippen LogP) is 2.06. The lowest BCUT2D eigenvalue weighted by Crippen LogP contribution is -2.39. The molecule has 0 spiro atoms. The zero-order chi connectivity index (χ0) is 15.8. The first-order valence-electron chi connectivity index (χ1n) is 7.76. The summed E-state index contributed by atoms with van der Waals surface area (Å²) < 4.78 is 0. The highest BCUT2D eigenvalue weighted by Crippen LogP contribution is 2.14.